The van der Waals surface area contributed by atoms with Crippen LogP contribution in [0.15, 0.2) is 0 Å². The molecule has 19 heteroatoms. The lowest BCUT2D eigenvalue weighted by molar-refractivity contribution is -0.333. The van der Waals surface area contributed by atoms with Gasteiger partial charge in [-0.3, -0.25) is 4.79 Å². The first-order chi connectivity index (χ1) is 20.9. The van der Waals surface area contributed by atoms with E-state index in [0.29, 0.717) is 19.5 Å². The zero-order valence-corrected chi connectivity index (χ0v) is 24.3. The molecule has 2 heterocycles. The molecule has 1 saturated carbocycles. The van der Waals surface area contributed by atoms with Crippen molar-refractivity contribution in [2.24, 2.45) is 22.9 Å². The van der Waals surface area contributed by atoms with E-state index < -0.39 is 110 Å². The molecule has 258 valence electrons. The van der Waals surface area contributed by atoms with E-state index in [1.807, 2.05) is 0 Å². The Balaban J connectivity index is 1.82. The smallest absolute Gasteiger partial charge is 0.249 e. The average molecular weight is 643 g/mol. The van der Waals surface area contributed by atoms with Gasteiger partial charge in [-0.2, -0.15) is 0 Å². The fourth-order valence-corrected chi connectivity index (χ4v) is 5.51. The van der Waals surface area contributed by atoms with Crippen molar-refractivity contribution in [1.29, 1.82) is 0 Å². The third kappa shape index (κ3) is 8.77. The van der Waals surface area contributed by atoms with Gasteiger partial charge in [-0.1, -0.05) is 0 Å². The van der Waals surface area contributed by atoms with Crippen LogP contribution in [0.25, 0.3) is 0 Å². The number of aliphatic hydroxyl groups is 8. The molecule has 1 amide bonds. The maximum atomic E-state index is 12.7. The minimum Gasteiger partial charge on any atom is -0.394 e. The van der Waals surface area contributed by atoms with Crippen LogP contribution in [0.4, 0.5) is 0 Å². The van der Waals surface area contributed by atoms with Crippen LogP contribution in [0.1, 0.15) is 19.3 Å². The molecular weight excluding hydrogens is 592 g/mol. The molecule has 3 aliphatic rings. The molecule has 16 atom stereocenters. The van der Waals surface area contributed by atoms with Crippen LogP contribution >= 0.6 is 0 Å². The van der Waals surface area contributed by atoms with Gasteiger partial charge in [0.2, 0.25) is 5.91 Å². The van der Waals surface area contributed by atoms with Crippen molar-refractivity contribution in [3.63, 3.8) is 0 Å². The Labute approximate surface area is 254 Å². The minimum atomic E-state index is -1.75. The Morgan fingerprint density at radius 1 is 0.841 bits per heavy atom. The molecule has 1 aliphatic carbocycles. The topological polar surface area (TPSA) is 344 Å². The third-order valence-corrected chi connectivity index (χ3v) is 8.18. The number of aliphatic hydroxyl groups excluding tert-OH is 8. The molecule has 0 aromatic heterocycles. The predicted molar refractivity (Wildman–Crippen MR) is 149 cm³/mol. The molecule has 2 aliphatic heterocycles. The number of amides is 1. The highest BCUT2D eigenvalue weighted by Gasteiger charge is 2.52. The predicted octanol–water partition coefficient (Wildman–Crippen LogP) is -8.44. The van der Waals surface area contributed by atoms with Crippen molar-refractivity contribution < 1.29 is 64.6 Å². The van der Waals surface area contributed by atoms with Crippen LogP contribution in [-0.4, -0.2) is 177 Å². The SMILES string of the molecule is NCCCNC[C@H]1O[C@H](OC2[C@@H](N)C[C@@H](NC(=O)[C@@H](O)CCN)[C@H](O[C@H]3O[C@H](CO)[C@@H](O)[C@H](N)[C@H]3O)[C@H]2O)[C@H](O)[C@@H](O)[C@@H]1O. The summed E-state index contributed by atoms with van der Waals surface area (Å²) in [5.74, 6) is -0.841. The normalized spacial score (nSPS) is 43.9. The number of hydrogen-bond acceptors (Lipinski definition) is 18. The van der Waals surface area contributed by atoms with E-state index in [4.69, 9.17) is 41.9 Å². The van der Waals surface area contributed by atoms with Gasteiger partial charge < -0.3 is 93.4 Å². The summed E-state index contributed by atoms with van der Waals surface area (Å²) >= 11 is 0. The van der Waals surface area contributed by atoms with Gasteiger partial charge in [0, 0.05) is 12.6 Å². The van der Waals surface area contributed by atoms with Gasteiger partial charge in [0.25, 0.3) is 0 Å². The lowest BCUT2D eigenvalue weighted by atomic mass is 9.83. The summed E-state index contributed by atoms with van der Waals surface area (Å²) in [5.41, 5.74) is 23.1. The summed E-state index contributed by atoms with van der Waals surface area (Å²) in [5, 5.41) is 89.2. The van der Waals surface area contributed by atoms with E-state index in [-0.39, 0.29) is 25.9 Å². The minimum absolute atomic E-state index is 0.00982. The summed E-state index contributed by atoms with van der Waals surface area (Å²) in [6.07, 6.45) is -19.0. The highest BCUT2D eigenvalue weighted by Crippen LogP contribution is 2.32. The molecule has 18 N–H and O–H groups in total. The van der Waals surface area contributed by atoms with E-state index >= 15 is 0 Å². The molecule has 1 unspecified atom stereocenters. The third-order valence-electron chi connectivity index (χ3n) is 8.18. The second-order valence-electron chi connectivity index (χ2n) is 11.4. The summed E-state index contributed by atoms with van der Waals surface area (Å²) in [4.78, 5) is 12.7. The summed E-state index contributed by atoms with van der Waals surface area (Å²) in [6.45, 7) is 0.334. The monoisotopic (exact) mass is 642 g/mol. The first-order valence-corrected chi connectivity index (χ1v) is 14.8. The number of nitrogens with one attached hydrogen (secondary N) is 2. The van der Waals surface area contributed by atoms with E-state index in [1.165, 1.54) is 0 Å². The molecule has 0 spiro atoms. The summed E-state index contributed by atoms with van der Waals surface area (Å²) in [6, 6.07) is -3.46. The van der Waals surface area contributed by atoms with Gasteiger partial charge >= 0.3 is 0 Å². The van der Waals surface area contributed by atoms with Gasteiger partial charge in [-0.05, 0) is 38.9 Å². The fourth-order valence-electron chi connectivity index (χ4n) is 5.51. The van der Waals surface area contributed by atoms with Gasteiger partial charge in [0.1, 0.15) is 67.1 Å². The quantitative estimate of drug-likeness (QED) is 0.0782. The van der Waals surface area contributed by atoms with Gasteiger partial charge in [-0.25, -0.2) is 0 Å². The molecule has 19 nitrogen and oxygen atoms in total. The van der Waals surface area contributed by atoms with Crippen molar-refractivity contribution in [1.82, 2.24) is 10.6 Å². The number of ether oxygens (including phenoxy) is 4. The summed E-state index contributed by atoms with van der Waals surface area (Å²) < 4.78 is 23.0. The molecule has 0 aromatic rings. The zero-order valence-electron chi connectivity index (χ0n) is 24.3. The Morgan fingerprint density at radius 2 is 1.48 bits per heavy atom. The molecule has 2 saturated heterocycles. The lowest BCUT2D eigenvalue weighted by Gasteiger charge is -2.49. The standard InChI is InChI=1S/C25H50N6O13/c26-3-1-5-30-7-12-16(35)18(37)19(38)25(41-12)43-21-9(28)6-10(31-23(40)11(33)2-4-27)22(20(21)39)44-24-17(36)14(29)15(34)13(8-32)42-24/h9-22,24-25,30,32-39H,1-8,26-29H2,(H,31,40)/t9-,10+,11-,12+,13+,14-,15+,16+,17+,18-,19+,20-,21?,22-,24+,25+/m0/s1. The number of rotatable bonds is 14. The van der Waals surface area contributed by atoms with Gasteiger partial charge in [0.05, 0.1) is 18.7 Å². The largest absolute Gasteiger partial charge is 0.394 e. The van der Waals surface area contributed by atoms with Gasteiger partial charge in [-0.15, -0.1) is 0 Å². The first-order valence-electron chi connectivity index (χ1n) is 14.8. The average Bonchev–Trinajstić information content (AvgIpc) is 2.99. The number of hydrogen-bond donors (Lipinski definition) is 14. The Bertz CT molecular complexity index is 882. The van der Waals surface area contributed by atoms with E-state index in [0.717, 1.165) is 0 Å². The highest BCUT2D eigenvalue weighted by molar-refractivity contribution is 5.80. The van der Waals surface area contributed by atoms with Crippen molar-refractivity contribution >= 4 is 5.91 Å². The molecule has 0 aromatic carbocycles. The zero-order chi connectivity index (χ0) is 32.7. The maximum absolute atomic E-state index is 12.7. The van der Waals surface area contributed by atoms with E-state index in [9.17, 15) is 45.6 Å². The van der Waals surface area contributed by atoms with Gasteiger partial charge in [0.15, 0.2) is 12.6 Å². The number of carbonyl (C=O) groups excluding carboxylic acids is 1. The number of carbonyl (C=O) groups is 1. The lowest BCUT2D eigenvalue weighted by Crippen LogP contribution is -2.69. The Hall–Kier alpha value is -1.21. The fraction of sp³-hybridized carbons (Fsp3) is 0.960. The molecule has 3 rings (SSSR count). The van der Waals surface area contributed by atoms with E-state index in [2.05, 4.69) is 10.6 Å². The second-order valence-corrected chi connectivity index (χ2v) is 11.4. The number of nitrogens with two attached hydrogens (primary N) is 4. The van der Waals surface area contributed by atoms with Crippen molar-refractivity contribution in [2.75, 3.05) is 32.8 Å². The van der Waals surface area contributed by atoms with Crippen LogP contribution < -0.4 is 33.6 Å². The summed E-state index contributed by atoms with van der Waals surface area (Å²) in [7, 11) is 0. The maximum Gasteiger partial charge on any atom is 0.249 e. The highest BCUT2D eigenvalue weighted by atomic mass is 16.7. The molecule has 0 radical (unpaired) electrons. The second kappa shape index (κ2) is 17.1. The van der Waals surface area contributed by atoms with Crippen LogP contribution in [0.3, 0.4) is 0 Å². The van der Waals surface area contributed by atoms with Crippen LogP contribution in [-0.2, 0) is 23.7 Å². The Kier molecular flexibility index (Phi) is 14.5. The van der Waals surface area contributed by atoms with Crippen molar-refractivity contribution in [3.8, 4) is 0 Å². The van der Waals surface area contributed by atoms with E-state index in [1.54, 1.807) is 0 Å². The Morgan fingerprint density at radius 3 is 2.11 bits per heavy atom. The van der Waals surface area contributed by atoms with Crippen LogP contribution in [0.2, 0.25) is 0 Å². The molecular formula is C25H50N6O13. The first kappa shape index (κ1) is 37.2. The molecule has 3 fully saturated rings. The molecule has 44 heavy (non-hydrogen) atoms. The molecule has 0 bridgehead atoms. The van der Waals surface area contributed by atoms with Crippen molar-refractivity contribution in [2.45, 2.75) is 117 Å². The van der Waals surface area contributed by atoms with Crippen LogP contribution in [0, 0.1) is 0 Å². The van der Waals surface area contributed by atoms with Crippen molar-refractivity contribution in [3.05, 3.63) is 0 Å². The van der Waals surface area contributed by atoms with Crippen LogP contribution in [0.5, 0.6) is 0 Å².